The average Bonchev–Trinajstić information content (AvgIpc) is 2.66. The molecule has 2 heterocycles. The molecular weight excluding hydrogens is 316 g/mol. The fraction of sp³-hybridized carbons (Fsp3) is 0. The van der Waals surface area contributed by atoms with Crippen molar-refractivity contribution in [2.75, 3.05) is 4.72 Å². The Morgan fingerprint density at radius 3 is 2.75 bits per heavy atom. The summed E-state index contributed by atoms with van der Waals surface area (Å²) < 4.78 is 26.6. The molecule has 84 valence electrons. The first-order chi connectivity index (χ1) is 7.59. The maximum absolute atomic E-state index is 11.8. The van der Waals surface area contributed by atoms with Gasteiger partial charge in [-0.1, -0.05) is 0 Å². The molecule has 16 heavy (non-hydrogen) atoms. The van der Waals surface area contributed by atoms with Crippen molar-refractivity contribution in [1.29, 1.82) is 0 Å². The van der Waals surface area contributed by atoms with Gasteiger partial charge in [-0.25, -0.2) is 18.1 Å². The highest BCUT2D eigenvalue weighted by Crippen LogP contribution is 2.28. The molecule has 2 rings (SSSR count). The number of anilines is 1. The first-order valence-electron chi connectivity index (χ1n) is 3.99. The molecule has 0 fully saturated rings. The van der Waals surface area contributed by atoms with Gasteiger partial charge in [0.15, 0.2) is 4.21 Å². The van der Waals surface area contributed by atoms with Crippen LogP contribution >= 0.6 is 27.3 Å². The van der Waals surface area contributed by atoms with Crippen molar-refractivity contribution in [3.05, 3.63) is 28.3 Å². The second-order valence-electron chi connectivity index (χ2n) is 2.63. The van der Waals surface area contributed by atoms with Gasteiger partial charge >= 0.3 is 0 Å². The number of hydrogen-bond acceptors (Lipinski definition) is 6. The Balaban J connectivity index is 2.32. The number of nitrogens with zero attached hydrogens (tertiary/aromatic N) is 3. The lowest BCUT2D eigenvalue weighted by Gasteiger charge is -2.03. The number of aromatic nitrogens is 3. The Bertz CT molecular complexity index is 583. The summed E-state index contributed by atoms with van der Waals surface area (Å²) in [6.45, 7) is 0. The maximum Gasteiger partial charge on any atom is 0.274 e. The van der Waals surface area contributed by atoms with E-state index >= 15 is 0 Å². The highest BCUT2D eigenvalue weighted by molar-refractivity contribution is 9.10. The van der Waals surface area contributed by atoms with E-state index in [-0.39, 0.29) is 10.2 Å². The van der Waals surface area contributed by atoms with Gasteiger partial charge in [-0.3, -0.25) is 0 Å². The third kappa shape index (κ3) is 2.36. The summed E-state index contributed by atoms with van der Waals surface area (Å²) in [6.07, 6.45) is 2.72. The second kappa shape index (κ2) is 4.44. The molecule has 0 aliphatic carbocycles. The van der Waals surface area contributed by atoms with Gasteiger partial charge in [-0.2, -0.15) is 5.10 Å². The van der Waals surface area contributed by atoms with E-state index in [1.165, 1.54) is 12.4 Å². The van der Waals surface area contributed by atoms with Gasteiger partial charge in [0, 0.05) is 4.47 Å². The SMILES string of the molecule is O=S(=O)(Nc1nccnn1)c1sccc1Br. The fourth-order valence-corrected chi connectivity index (χ4v) is 4.22. The van der Waals surface area contributed by atoms with Gasteiger partial charge in [-0.15, -0.1) is 16.4 Å². The molecule has 0 aliphatic rings. The van der Waals surface area contributed by atoms with E-state index in [0.717, 1.165) is 11.3 Å². The van der Waals surface area contributed by atoms with Crippen LogP contribution in [0.25, 0.3) is 0 Å². The van der Waals surface area contributed by atoms with Crippen molar-refractivity contribution in [3.63, 3.8) is 0 Å². The summed E-state index contributed by atoms with van der Waals surface area (Å²) >= 11 is 4.25. The minimum absolute atomic E-state index is 0.0530. The molecule has 6 nitrogen and oxygen atoms in total. The van der Waals surface area contributed by atoms with Crippen LogP contribution in [0.15, 0.2) is 32.5 Å². The Morgan fingerprint density at radius 2 is 2.19 bits per heavy atom. The Hall–Kier alpha value is -1.06. The van der Waals surface area contributed by atoms with Crippen LogP contribution in [0.2, 0.25) is 0 Å². The number of nitrogens with one attached hydrogen (secondary N) is 1. The van der Waals surface area contributed by atoms with E-state index in [0.29, 0.717) is 4.47 Å². The highest BCUT2D eigenvalue weighted by Gasteiger charge is 2.20. The topological polar surface area (TPSA) is 84.8 Å². The van der Waals surface area contributed by atoms with Crippen LogP contribution in [0.5, 0.6) is 0 Å². The van der Waals surface area contributed by atoms with E-state index in [4.69, 9.17) is 0 Å². The summed E-state index contributed by atoms with van der Waals surface area (Å²) in [5.74, 6) is -0.0530. The third-order valence-electron chi connectivity index (χ3n) is 1.54. The van der Waals surface area contributed by atoms with Crippen molar-refractivity contribution in [3.8, 4) is 0 Å². The molecule has 0 aliphatic heterocycles. The summed E-state index contributed by atoms with van der Waals surface area (Å²) in [7, 11) is -3.64. The van der Waals surface area contributed by atoms with Crippen LogP contribution < -0.4 is 4.72 Å². The molecule has 2 aromatic heterocycles. The molecular formula is C7H5BrN4O2S2. The molecule has 0 bridgehead atoms. The van der Waals surface area contributed by atoms with Crippen molar-refractivity contribution in [2.24, 2.45) is 0 Å². The Morgan fingerprint density at radius 1 is 1.38 bits per heavy atom. The molecule has 1 N–H and O–H groups in total. The zero-order valence-electron chi connectivity index (χ0n) is 7.66. The Labute approximate surface area is 104 Å². The van der Waals surface area contributed by atoms with Crippen molar-refractivity contribution < 1.29 is 8.42 Å². The highest BCUT2D eigenvalue weighted by atomic mass is 79.9. The number of sulfonamides is 1. The normalized spacial score (nSPS) is 11.3. The minimum atomic E-state index is -3.64. The van der Waals surface area contributed by atoms with Gasteiger partial charge in [0.2, 0.25) is 0 Å². The van der Waals surface area contributed by atoms with Gasteiger partial charge in [-0.05, 0) is 27.4 Å². The van der Waals surface area contributed by atoms with Gasteiger partial charge < -0.3 is 0 Å². The lowest BCUT2D eigenvalue weighted by atomic mass is 10.7. The Kier molecular flexibility index (Phi) is 3.17. The predicted octanol–water partition coefficient (Wildman–Crippen LogP) is 1.50. The number of halogens is 1. The monoisotopic (exact) mass is 320 g/mol. The smallest absolute Gasteiger partial charge is 0.245 e. The van der Waals surface area contributed by atoms with Crippen molar-refractivity contribution >= 4 is 43.2 Å². The molecule has 2 aromatic rings. The van der Waals surface area contributed by atoms with Crippen LogP contribution in [0.4, 0.5) is 5.95 Å². The van der Waals surface area contributed by atoms with Crippen LogP contribution in [-0.2, 0) is 10.0 Å². The van der Waals surface area contributed by atoms with E-state index in [9.17, 15) is 8.42 Å². The lowest BCUT2D eigenvalue weighted by Crippen LogP contribution is -2.14. The zero-order chi connectivity index (χ0) is 11.6. The third-order valence-corrected chi connectivity index (χ3v) is 5.53. The van der Waals surface area contributed by atoms with Crippen LogP contribution in [0.1, 0.15) is 0 Å². The van der Waals surface area contributed by atoms with Crippen LogP contribution in [0.3, 0.4) is 0 Å². The van der Waals surface area contributed by atoms with E-state index in [1.807, 2.05) is 0 Å². The standard InChI is InChI=1S/C7H5BrN4O2S2/c8-5-1-4-15-6(5)16(13,14)12-7-9-2-3-10-11-7/h1-4H,(H,9,11,12). The molecule has 0 amide bonds. The summed E-state index contributed by atoms with van der Waals surface area (Å²) in [5.41, 5.74) is 0. The van der Waals surface area contributed by atoms with Crippen LogP contribution in [-0.4, -0.2) is 23.6 Å². The average molecular weight is 321 g/mol. The van der Waals surface area contributed by atoms with E-state index in [2.05, 4.69) is 35.8 Å². The van der Waals surface area contributed by atoms with Crippen molar-refractivity contribution in [1.82, 2.24) is 15.2 Å². The number of hydrogen-bond donors (Lipinski definition) is 1. The lowest BCUT2D eigenvalue weighted by molar-refractivity contribution is 0.602. The quantitative estimate of drug-likeness (QED) is 0.926. The molecule has 0 saturated carbocycles. The molecule has 9 heteroatoms. The number of thiophene rings is 1. The van der Waals surface area contributed by atoms with Crippen molar-refractivity contribution in [2.45, 2.75) is 4.21 Å². The zero-order valence-corrected chi connectivity index (χ0v) is 10.9. The molecule has 0 atom stereocenters. The summed E-state index contributed by atoms with van der Waals surface area (Å²) in [5, 5.41) is 8.74. The predicted molar refractivity (Wildman–Crippen MR) is 62.7 cm³/mol. The first-order valence-corrected chi connectivity index (χ1v) is 7.15. The molecule has 0 spiro atoms. The maximum atomic E-state index is 11.8. The molecule has 0 unspecified atom stereocenters. The summed E-state index contributed by atoms with van der Waals surface area (Å²) in [4.78, 5) is 3.73. The number of rotatable bonds is 3. The molecule has 0 saturated heterocycles. The van der Waals surface area contributed by atoms with E-state index < -0.39 is 10.0 Å². The van der Waals surface area contributed by atoms with Gasteiger partial charge in [0.05, 0.1) is 12.4 Å². The first kappa shape index (κ1) is 11.4. The fourth-order valence-electron chi connectivity index (χ4n) is 0.932. The van der Waals surface area contributed by atoms with E-state index in [1.54, 1.807) is 11.4 Å². The molecule has 0 radical (unpaired) electrons. The van der Waals surface area contributed by atoms with Crippen LogP contribution in [0, 0.1) is 0 Å². The van der Waals surface area contributed by atoms with Gasteiger partial charge in [0.1, 0.15) is 0 Å². The largest absolute Gasteiger partial charge is 0.274 e. The van der Waals surface area contributed by atoms with Gasteiger partial charge in [0.25, 0.3) is 16.0 Å². The second-order valence-corrected chi connectivity index (χ2v) is 6.28. The summed E-state index contributed by atoms with van der Waals surface area (Å²) in [6, 6.07) is 1.66. The minimum Gasteiger partial charge on any atom is -0.245 e. The molecule has 0 aromatic carbocycles.